The Morgan fingerprint density at radius 3 is 3.14 bits per heavy atom. The maximum atomic E-state index is 11.7. The molecule has 0 radical (unpaired) electrons. The van der Waals surface area contributed by atoms with E-state index in [2.05, 4.69) is 22.7 Å². The van der Waals surface area contributed by atoms with Gasteiger partial charge in [-0.2, -0.15) is 10.4 Å². The van der Waals surface area contributed by atoms with E-state index in [0.29, 0.717) is 23.1 Å². The quantitative estimate of drug-likeness (QED) is 0.677. The van der Waals surface area contributed by atoms with Gasteiger partial charge in [0, 0.05) is 11.6 Å². The first-order valence-corrected chi connectivity index (χ1v) is 6.92. The van der Waals surface area contributed by atoms with Gasteiger partial charge in [-0.3, -0.25) is 4.79 Å². The SMILES string of the molecule is N#Cc1ccccc1OCC(=O)N/N=C1/C[C@H]2C=CC[C@H]12. The molecule has 1 saturated carbocycles. The molecule has 1 aromatic carbocycles. The van der Waals surface area contributed by atoms with E-state index in [-0.39, 0.29) is 12.5 Å². The summed E-state index contributed by atoms with van der Waals surface area (Å²) in [5, 5.41) is 13.1. The molecule has 0 aromatic heterocycles. The number of benzene rings is 1. The number of nitrogens with zero attached hydrogens (tertiary/aromatic N) is 2. The first-order valence-electron chi connectivity index (χ1n) is 6.92. The minimum absolute atomic E-state index is 0.151. The lowest BCUT2D eigenvalue weighted by Gasteiger charge is -2.31. The van der Waals surface area contributed by atoms with Crippen LogP contribution in [0.2, 0.25) is 0 Å². The number of hydrogen-bond acceptors (Lipinski definition) is 4. The van der Waals surface area contributed by atoms with Crippen LogP contribution in [0.1, 0.15) is 18.4 Å². The van der Waals surface area contributed by atoms with Crippen molar-refractivity contribution < 1.29 is 9.53 Å². The summed E-state index contributed by atoms with van der Waals surface area (Å²) >= 11 is 0. The number of carbonyl (C=O) groups excluding carboxylic acids is 1. The van der Waals surface area contributed by atoms with Crippen molar-refractivity contribution in [3.63, 3.8) is 0 Å². The molecular weight excluding hydrogens is 266 g/mol. The lowest BCUT2D eigenvalue weighted by molar-refractivity contribution is -0.123. The molecule has 3 rings (SSSR count). The molecule has 1 amide bonds. The van der Waals surface area contributed by atoms with E-state index in [1.54, 1.807) is 24.3 Å². The van der Waals surface area contributed by atoms with Crippen molar-refractivity contribution in [2.24, 2.45) is 16.9 Å². The molecule has 5 nitrogen and oxygen atoms in total. The van der Waals surface area contributed by atoms with Gasteiger partial charge in [-0.05, 0) is 30.9 Å². The lowest BCUT2D eigenvalue weighted by Crippen LogP contribution is -2.36. The number of para-hydroxylation sites is 1. The molecule has 0 saturated heterocycles. The van der Waals surface area contributed by atoms with Gasteiger partial charge in [-0.15, -0.1) is 0 Å². The third kappa shape index (κ3) is 2.79. The van der Waals surface area contributed by atoms with Crippen LogP contribution in [0.4, 0.5) is 0 Å². The largest absolute Gasteiger partial charge is 0.482 e. The van der Waals surface area contributed by atoms with Gasteiger partial charge >= 0.3 is 0 Å². The number of rotatable bonds is 4. The zero-order chi connectivity index (χ0) is 14.7. The summed E-state index contributed by atoms with van der Waals surface area (Å²) in [6, 6.07) is 8.84. The van der Waals surface area contributed by atoms with Crippen LogP contribution < -0.4 is 10.2 Å². The van der Waals surface area contributed by atoms with E-state index in [1.165, 1.54) is 0 Å². The first kappa shape index (κ1) is 13.4. The Morgan fingerprint density at radius 1 is 1.48 bits per heavy atom. The van der Waals surface area contributed by atoms with E-state index in [0.717, 1.165) is 18.6 Å². The van der Waals surface area contributed by atoms with Gasteiger partial charge in [-0.25, -0.2) is 5.43 Å². The zero-order valence-electron chi connectivity index (χ0n) is 11.5. The van der Waals surface area contributed by atoms with Crippen molar-refractivity contribution in [2.45, 2.75) is 12.8 Å². The van der Waals surface area contributed by atoms with Gasteiger partial charge in [-0.1, -0.05) is 24.3 Å². The third-order valence-corrected chi connectivity index (χ3v) is 3.85. The number of fused-ring (bicyclic) bond motifs is 1. The smallest absolute Gasteiger partial charge is 0.277 e. The average molecular weight is 281 g/mol. The van der Waals surface area contributed by atoms with E-state index >= 15 is 0 Å². The normalized spacial score (nSPS) is 24.0. The highest BCUT2D eigenvalue weighted by molar-refractivity contribution is 5.94. The fourth-order valence-corrected chi connectivity index (χ4v) is 2.66. The van der Waals surface area contributed by atoms with Crippen molar-refractivity contribution in [2.75, 3.05) is 6.61 Å². The van der Waals surface area contributed by atoms with E-state index in [1.807, 2.05) is 6.07 Å². The second-order valence-corrected chi connectivity index (χ2v) is 5.17. The first-order chi connectivity index (χ1) is 10.3. The molecule has 2 aliphatic rings. The number of ether oxygens (including phenoxy) is 1. The van der Waals surface area contributed by atoms with Gasteiger partial charge in [0.2, 0.25) is 0 Å². The van der Waals surface area contributed by atoms with Gasteiger partial charge in [0.15, 0.2) is 6.61 Å². The van der Waals surface area contributed by atoms with Crippen molar-refractivity contribution in [1.29, 1.82) is 5.26 Å². The summed E-state index contributed by atoms with van der Waals surface area (Å²) in [7, 11) is 0. The fraction of sp³-hybridized carbons (Fsp3) is 0.312. The van der Waals surface area contributed by atoms with Gasteiger partial charge in [0.1, 0.15) is 11.8 Å². The molecule has 0 spiro atoms. The number of nitriles is 1. The molecule has 0 unspecified atom stereocenters. The maximum Gasteiger partial charge on any atom is 0.277 e. The summed E-state index contributed by atoms with van der Waals surface area (Å²) < 4.78 is 5.34. The topological polar surface area (TPSA) is 74.5 Å². The highest BCUT2D eigenvalue weighted by atomic mass is 16.5. The van der Waals surface area contributed by atoms with E-state index in [4.69, 9.17) is 10.00 Å². The molecule has 106 valence electrons. The van der Waals surface area contributed by atoms with Crippen LogP contribution >= 0.6 is 0 Å². The number of allylic oxidation sites excluding steroid dienone is 2. The number of hydrogen-bond donors (Lipinski definition) is 1. The Bertz CT molecular complexity index is 658. The summed E-state index contributed by atoms with van der Waals surface area (Å²) in [4.78, 5) is 11.7. The highest BCUT2D eigenvalue weighted by Crippen LogP contribution is 2.39. The van der Waals surface area contributed by atoms with Crippen LogP contribution in [0.15, 0.2) is 41.5 Å². The molecule has 1 fully saturated rings. The predicted molar refractivity (Wildman–Crippen MR) is 77.6 cm³/mol. The molecule has 5 heteroatoms. The summed E-state index contributed by atoms with van der Waals surface area (Å²) in [6.07, 6.45) is 6.33. The Labute approximate surface area is 122 Å². The minimum Gasteiger partial charge on any atom is -0.482 e. The molecule has 0 heterocycles. The second kappa shape index (κ2) is 5.80. The van der Waals surface area contributed by atoms with Crippen LogP contribution in [0.5, 0.6) is 5.75 Å². The van der Waals surface area contributed by atoms with Gasteiger partial charge in [0.05, 0.1) is 5.56 Å². The molecular formula is C16H15N3O2. The predicted octanol–water partition coefficient (Wildman–Crippen LogP) is 2.01. The van der Waals surface area contributed by atoms with Crippen molar-refractivity contribution in [3.8, 4) is 11.8 Å². The Balaban J connectivity index is 1.49. The fourth-order valence-electron chi connectivity index (χ4n) is 2.66. The van der Waals surface area contributed by atoms with Gasteiger partial charge < -0.3 is 4.74 Å². The number of amides is 1. The minimum atomic E-state index is -0.315. The monoisotopic (exact) mass is 281 g/mol. The zero-order valence-corrected chi connectivity index (χ0v) is 11.5. The Kier molecular flexibility index (Phi) is 3.69. The van der Waals surface area contributed by atoms with Gasteiger partial charge in [0.25, 0.3) is 5.91 Å². The number of hydrazone groups is 1. The highest BCUT2D eigenvalue weighted by Gasteiger charge is 2.37. The number of nitrogens with one attached hydrogen (secondary N) is 1. The Hall–Kier alpha value is -2.61. The van der Waals surface area contributed by atoms with Crippen molar-refractivity contribution in [3.05, 3.63) is 42.0 Å². The standard InChI is InChI=1S/C16H15N3O2/c17-9-12-4-1-2-7-15(12)21-10-16(20)19-18-14-8-11-5-3-6-13(11)14/h1-5,7,11,13H,6,8,10H2,(H,19,20)/b18-14-/t11-,13+/m1/s1. The Morgan fingerprint density at radius 2 is 2.33 bits per heavy atom. The maximum absolute atomic E-state index is 11.7. The molecule has 21 heavy (non-hydrogen) atoms. The van der Waals surface area contributed by atoms with Crippen LogP contribution in [-0.4, -0.2) is 18.2 Å². The lowest BCUT2D eigenvalue weighted by atomic mass is 9.74. The average Bonchev–Trinajstić information content (AvgIpc) is 2.87. The van der Waals surface area contributed by atoms with E-state index < -0.39 is 0 Å². The molecule has 0 aliphatic heterocycles. The molecule has 1 N–H and O–H groups in total. The van der Waals surface area contributed by atoms with Crippen molar-refractivity contribution >= 4 is 11.6 Å². The molecule has 1 aromatic rings. The third-order valence-electron chi connectivity index (χ3n) is 3.85. The molecule has 2 aliphatic carbocycles. The van der Waals surface area contributed by atoms with Crippen LogP contribution in [0, 0.1) is 23.2 Å². The van der Waals surface area contributed by atoms with Crippen LogP contribution in [0.3, 0.4) is 0 Å². The number of carbonyl (C=O) groups is 1. The van der Waals surface area contributed by atoms with E-state index in [9.17, 15) is 4.79 Å². The molecule has 0 bridgehead atoms. The summed E-state index contributed by atoms with van der Waals surface area (Å²) in [5.41, 5.74) is 3.98. The van der Waals surface area contributed by atoms with Crippen molar-refractivity contribution in [1.82, 2.24) is 5.43 Å². The second-order valence-electron chi connectivity index (χ2n) is 5.17. The molecule has 2 atom stereocenters. The van der Waals surface area contributed by atoms with Crippen LogP contribution in [0.25, 0.3) is 0 Å². The summed E-state index contributed by atoms with van der Waals surface area (Å²) in [6.45, 7) is -0.151. The summed E-state index contributed by atoms with van der Waals surface area (Å²) in [5.74, 6) is 1.18. The van der Waals surface area contributed by atoms with Crippen LogP contribution in [-0.2, 0) is 4.79 Å².